The van der Waals surface area contributed by atoms with Gasteiger partial charge >= 0.3 is 23.9 Å². The van der Waals surface area contributed by atoms with Crippen molar-refractivity contribution in [1.29, 1.82) is 0 Å². The molecule has 0 saturated carbocycles. The van der Waals surface area contributed by atoms with Gasteiger partial charge in [0.05, 0.1) is 6.61 Å². The molecule has 200 valence electrons. The van der Waals surface area contributed by atoms with Gasteiger partial charge in [0, 0.05) is 27.7 Å². The molecule has 35 heavy (non-hydrogen) atoms. The summed E-state index contributed by atoms with van der Waals surface area (Å²) in [5, 5.41) is 40.1. The highest BCUT2D eigenvalue weighted by Gasteiger charge is 2.55. The number of esters is 4. The molecule has 2 aliphatic heterocycles. The van der Waals surface area contributed by atoms with E-state index in [0.29, 0.717) is 0 Å². The second kappa shape index (κ2) is 12.5. The Morgan fingerprint density at radius 3 is 1.74 bits per heavy atom. The van der Waals surface area contributed by atoms with E-state index in [-0.39, 0.29) is 0 Å². The zero-order chi connectivity index (χ0) is 26.4. The van der Waals surface area contributed by atoms with Crippen LogP contribution >= 0.6 is 0 Å². The molecule has 2 aliphatic rings. The molecule has 0 bridgehead atoms. The van der Waals surface area contributed by atoms with Gasteiger partial charge in [0.1, 0.15) is 37.1 Å². The van der Waals surface area contributed by atoms with Crippen molar-refractivity contribution < 1.29 is 72.8 Å². The molecule has 0 radical (unpaired) electrons. The highest BCUT2D eigenvalue weighted by atomic mass is 16.7. The molecular formula is C20H30O15. The number of hydrogen-bond donors (Lipinski definition) is 4. The normalized spacial score (nSPS) is 37.1. The number of rotatable bonds is 8. The van der Waals surface area contributed by atoms with Gasteiger partial charge in [-0.2, -0.15) is 0 Å². The van der Waals surface area contributed by atoms with E-state index in [2.05, 4.69) is 0 Å². The van der Waals surface area contributed by atoms with Crippen molar-refractivity contribution in [3.8, 4) is 0 Å². The van der Waals surface area contributed by atoms with Gasteiger partial charge < -0.3 is 53.6 Å². The average molecular weight is 510 g/mol. The topological polar surface area (TPSA) is 214 Å². The van der Waals surface area contributed by atoms with E-state index in [1.807, 2.05) is 0 Å². The highest BCUT2D eigenvalue weighted by Crippen LogP contribution is 2.33. The summed E-state index contributed by atoms with van der Waals surface area (Å²) in [7, 11) is 0. The summed E-state index contributed by atoms with van der Waals surface area (Å²) in [5.41, 5.74) is 0. The highest BCUT2D eigenvalue weighted by molar-refractivity contribution is 5.68. The predicted octanol–water partition coefficient (Wildman–Crippen LogP) is -3.11. The van der Waals surface area contributed by atoms with Crippen LogP contribution < -0.4 is 0 Å². The van der Waals surface area contributed by atoms with Gasteiger partial charge in [0.25, 0.3) is 0 Å². The van der Waals surface area contributed by atoms with Crippen LogP contribution in [0.3, 0.4) is 0 Å². The largest absolute Gasteiger partial charge is 0.463 e. The van der Waals surface area contributed by atoms with Crippen LogP contribution in [0.1, 0.15) is 27.7 Å². The number of carbonyl (C=O) groups excluding carboxylic acids is 4. The third kappa shape index (κ3) is 7.54. The van der Waals surface area contributed by atoms with Crippen molar-refractivity contribution in [3.63, 3.8) is 0 Å². The molecule has 0 aromatic carbocycles. The fourth-order valence-corrected chi connectivity index (χ4v) is 3.68. The predicted molar refractivity (Wildman–Crippen MR) is 107 cm³/mol. The third-order valence-corrected chi connectivity index (χ3v) is 5.08. The third-order valence-electron chi connectivity index (χ3n) is 5.08. The minimum atomic E-state index is -1.87. The molecule has 2 saturated heterocycles. The van der Waals surface area contributed by atoms with Gasteiger partial charge in [0.15, 0.2) is 30.9 Å². The van der Waals surface area contributed by atoms with Crippen molar-refractivity contribution in [2.75, 3.05) is 13.2 Å². The number of ether oxygens (including phenoxy) is 7. The van der Waals surface area contributed by atoms with Crippen LogP contribution in [0.5, 0.6) is 0 Å². The SMILES string of the molecule is CC(=O)OC[C@H]1O[C@H](O[C@@H]2[C@H](O)[C@@H](O)O[C@H](CO)[C@H]2O)[C@@H](OC(C)=O)[C@@H](OC(C)=O)[C@@H]1OC(C)=O. The summed E-state index contributed by atoms with van der Waals surface area (Å²) in [4.78, 5) is 46.8. The Kier molecular flexibility index (Phi) is 10.3. The van der Waals surface area contributed by atoms with Crippen molar-refractivity contribution in [2.24, 2.45) is 0 Å². The molecule has 2 fully saturated rings. The fraction of sp³-hybridized carbons (Fsp3) is 0.800. The van der Waals surface area contributed by atoms with E-state index in [4.69, 9.17) is 33.2 Å². The fourth-order valence-electron chi connectivity index (χ4n) is 3.68. The second-order valence-corrected chi connectivity index (χ2v) is 7.90. The number of carbonyl (C=O) groups is 4. The van der Waals surface area contributed by atoms with Gasteiger partial charge in [0.2, 0.25) is 0 Å². The Morgan fingerprint density at radius 1 is 0.686 bits per heavy atom. The maximum atomic E-state index is 11.8. The van der Waals surface area contributed by atoms with Crippen LogP contribution in [-0.4, -0.2) is 119 Å². The van der Waals surface area contributed by atoms with E-state index < -0.39 is 98.5 Å². The first-order chi connectivity index (χ1) is 16.3. The van der Waals surface area contributed by atoms with Crippen LogP contribution in [0.2, 0.25) is 0 Å². The Labute approximate surface area is 199 Å². The lowest BCUT2D eigenvalue weighted by atomic mass is 9.96. The van der Waals surface area contributed by atoms with Gasteiger partial charge in [-0.3, -0.25) is 19.2 Å². The molecular weight excluding hydrogens is 480 g/mol. The van der Waals surface area contributed by atoms with Gasteiger partial charge in [-0.15, -0.1) is 0 Å². The van der Waals surface area contributed by atoms with E-state index in [9.17, 15) is 39.6 Å². The Hall–Kier alpha value is -2.40. The molecule has 0 aromatic heterocycles. The quantitative estimate of drug-likeness (QED) is 0.188. The van der Waals surface area contributed by atoms with Crippen LogP contribution in [0.25, 0.3) is 0 Å². The molecule has 4 N–H and O–H groups in total. The van der Waals surface area contributed by atoms with Crippen molar-refractivity contribution in [2.45, 2.75) is 89.1 Å². The molecule has 2 rings (SSSR count). The van der Waals surface area contributed by atoms with E-state index in [0.717, 1.165) is 27.7 Å². The van der Waals surface area contributed by atoms with E-state index in [1.165, 1.54) is 0 Å². The standard InChI is InChI=1S/C20H30O15/c1-7(22)29-6-12-15(30-8(2)23)17(31-9(3)24)18(32-10(4)25)20(34-12)35-16-13(26)11(5-21)33-19(28)14(16)27/h11-21,26-28H,5-6H2,1-4H3/t11-,12-,13-,14+,15-,16+,17+,18+,19+,20-/m1/s1. The summed E-state index contributed by atoms with van der Waals surface area (Å²) >= 11 is 0. The van der Waals surface area contributed by atoms with Crippen LogP contribution in [0.15, 0.2) is 0 Å². The molecule has 0 spiro atoms. The lowest BCUT2D eigenvalue weighted by molar-refractivity contribution is -0.357. The smallest absolute Gasteiger partial charge is 0.303 e. The number of aliphatic hydroxyl groups excluding tert-OH is 4. The lowest BCUT2D eigenvalue weighted by Crippen LogP contribution is -2.66. The van der Waals surface area contributed by atoms with Crippen LogP contribution in [0.4, 0.5) is 0 Å². The molecule has 2 heterocycles. The van der Waals surface area contributed by atoms with Crippen LogP contribution in [-0.2, 0) is 52.3 Å². The maximum Gasteiger partial charge on any atom is 0.303 e. The molecule has 15 nitrogen and oxygen atoms in total. The lowest BCUT2D eigenvalue weighted by Gasteiger charge is -2.47. The summed E-state index contributed by atoms with van der Waals surface area (Å²) in [6.45, 7) is 2.96. The molecule has 0 amide bonds. The molecule has 10 atom stereocenters. The monoisotopic (exact) mass is 510 g/mol. The molecule has 0 unspecified atom stereocenters. The average Bonchev–Trinajstić information content (AvgIpc) is 2.75. The maximum absolute atomic E-state index is 11.8. The van der Waals surface area contributed by atoms with Crippen molar-refractivity contribution in [1.82, 2.24) is 0 Å². The van der Waals surface area contributed by atoms with Gasteiger partial charge in [-0.1, -0.05) is 0 Å². The molecule has 15 heteroatoms. The summed E-state index contributed by atoms with van der Waals surface area (Å²) in [6, 6.07) is 0. The first-order valence-electron chi connectivity index (χ1n) is 10.6. The first kappa shape index (κ1) is 28.8. The number of hydrogen-bond acceptors (Lipinski definition) is 15. The van der Waals surface area contributed by atoms with Crippen molar-refractivity contribution in [3.05, 3.63) is 0 Å². The summed E-state index contributed by atoms with van der Waals surface area (Å²) in [5.74, 6) is -3.29. The minimum absolute atomic E-state index is 0.515. The Bertz CT molecular complexity index is 772. The zero-order valence-electron chi connectivity index (χ0n) is 19.5. The van der Waals surface area contributed by atoms with Crippen LogP contribution in [0, 0.1) is 0 Å². The van der Waals surface area contributed by atoms with E-state index >= 15 is 0 Å². The Morgan fingerprint density at radius 2 is 1.23 bits per heavy atom. The first-order valence-corrected chi connectivity index (χ1v) is 10.6. The molecule has 0 aromatic rings. The zero-order valence-corrected chi connectivity index (χ0v) is 19.5. The van der Waals surface area contributed by atoms with E-state index in [1.54, 1.807) is 0 Å². The van der Waals surface area contributed by atoms with Gasteiger partial charge in [-0.25, -0.2) is 0 Å². The van der Waals surface area contributed by atoms with Gasteiger partial charge in [-0.05, 0) is 0 Å². The summed E-state index contributed by atoms with van der Waals surface area (Å²) < 4.78 is 36.9. The summed E-state index contributed by atoms with van der Waals surface area (Å²) in [6.07, 6.45) is -16.0. The number of aliphatic hydroxyl groups is 4. The molecule has 0 aliphatic carbocycles. The Balaban J connectivity index is 2.46. The second-order valence-electron chi connectivity index (χ2n) is 7.90. The van der Waals surface area contributed by atoms with Crippen molar-refractivity contribution >= 4 is 23.9 Å². The minimum Gasteiger partial charge on any atom is -0.463 e.